The van der Waals surface area contributed by atoms with Gasteiger partial charge in [-0.25, -0.2) is 0 Å². The van der Waals surface area contributed by atoms with Gasteiger partial charge in [-0.15, -0.1) is 0 Å². The van der Waals surface area contributed by atoms with Crippen molar-refractivity contribution < 1.29 is 18.0 Å². The van der Waals surface area contributed by atoms with Crippen LogP contribution in [0.5, 0.6) is 0 Å². The monoisotopic (exact) mass is 308 g/mol. The second-order valence-corrected chi connectivity index (χ2v) is 4.81. The molecule has 1 rings (SSSR count). The maximum absolute atomic E-state index is 12.8. The highest BCUT2D eigenvalue weighted by Gasteiger charge is 2.34. The summed E-state index contributed by atoms with van der Waals surface area (Å²) in [4.78, 5) is 11.7. The molecule has 0 heterocycles. The Morgan fingerprint density at radius 1 is 1.40 bits per heavy atom. The number of benzene rings is 1. The van der Waals surface area contributed by atoms with Gasteiger partial charge in [0.15, 0.2) is 0 Å². The Bertz CT molecular complexity index is 477. The van der Waals surface area contributed by atoms with E-state index in [0.29, 0.717) is 0 Å². The van der Waals surface area contributed by atoms with Crippen LogP contribution in [0.3, 0.4) is 0 Å². The molecule has 0 radical (unpaired) electrons. The predicted octanol–water partition coefficient (Wildman–Crippen LogP) is 3.69. The van der Waals surface area contributed by atoms with Crippen molar-refractivity contribution in [2.45, 2.75) is 32.5 Å². The van der Waals surface area contributed by atoms with E-state index in [2.05, 4.69) is 10.6 Å². The summed E-state index contributed by atoms with van der Waals surface area (Å²) < 4.78 is 38.5. The smallest absolute Gasteiger partial charge is 0.323 e. The normalized spacial score (nSPS) is 13.1. The number of nitrogens with one attached hydrogen (secondary N) is 2. The molecule has 0 spiro atoms. The molecule has 1 atom stereocenters. The fraction of sp³-hybridized carbons (Fsp3) is 0.462. The summed E-state index contributed by atoms with van der Waals surface area (Å²) in [6, 6.07) is 3.48. The molecule has 20 heavy (non-hydrogen) atoms. The van der Waals surface area contributed by atoms with Gasteiger partial charge in [-0.2, -0.15) is 13.2 Å². The van der Waals surface area contributed by atoms with Crippen LogP contribution in [0.2, 0.25) is 5.02 Å². The molecule has 0 aliphatic rings. The molecule has 2 N–H and O–H groups in total. The van der Waals surface area contributed by atoms with Gasteiger partial charge in [0.05, 0.1) is 22.8 Å². The van der Waals surface area contributed by atoms with Crippen molar-refractivity contribution in [2.75, 3.05) is 11.9 Å². The van der Waals surface area contributed by atoms with Gasteiger partial charge in [0, 0.05) is 6.04 Å². The average Bonchev–Trinajstić information content (AvgIpc) is 2.37. The SMILES string of the molecule is CCC(C)NCC(=O)Nc1c(Cl)cccc1C(F)(F)F. The number of alkyl halides is 3. The molecular weight excluding hydrogens is 293 g/mol. The van der Waals surface area contributed by atoms with Crippen LogP contribution < -0.4 is 10.6 Å². The zero-order valence-corrected chi connectivity index (χ0v) is 11.9. The molecule has 0 aliphatic heterocycles. The summed E-state index contributed by atoms with van der Waals surface area (Å²) in [7, 11) is 0. The van der Waals surface area contributed by atoms with Gasteiger partial charge in [-0.1, -0.05) is 24.6 Å². The topological polar surface area (TPSA) is 41.1 Å². The van der Waals surface area contributed by atoms with E-state index in [0.717, 1.165) is 12.5 Å². The van der Waals surface area contributed by atoms with Crippen LogP contribution in [-0.2, 0) is 11.0 Å². The molecule has 1 aromatic rings. The van der Waals surface area contributed by atoms with Gasteiger partial charge < -0.3 is 10.6 Å². The highest BCUT2D eigenvalue weighted by molar-refractivity contribution is 6.34. The summed E-state index contributed by atoms with van der Waals surface area (Å²) in [5.41, 5.74) is -1.36. The molecule has 0 saturated carbocycles. The number of anilines is 1. The number of amides is 1. The first-order chi connectivity index (χ1) is 9.25. The number of rotatable bonds is 5. The molecular formula is C13H16ClF3N2O. The van der Waals surface area contributed by atoms with Crippen LogP contribution in [0.25, 0.3) is 0 Å². The van der Waals surface area contributed by atoms with Crippen molar-refractivity contribution in [3.8, 4) is 0 Å². The Morgan fingerprint density at radius 2 is 2.05 bits per heavy atom. The highest BCUT2D eigenvalue weighted by Crippen LogP contribution is 2.38. The maximum atomic E-state index is 12.8. The molecule has 1 aromatic carbocycles. The predicted molar refractivity (Wildman–Crippen MR) is 72.8 cm³/mol. The lowest BCUT2D eigenvalue weighted by atomic mass is 10.1. The van der Waals surface area contributed by atoms with E-state index in [1.54, 1.807) is 0 Å². The molecule has 0 saturated heterocycles. The first-order valence-electron chi connectivity index (χ1n) is 6.14. The third-order valence-corrected chi connectivity index (χ3v) is 3.12. The molecule has 0 fully saturated rings. The van der Waals surface area contributed by atoms with E-state index < -0.39 is 23.3 Å². The van der Waals surface area contributed by atoms with E-state index in [1.165, 1.54) is 12.1 Å². The van der Waals surface area contributed by atoms with E-state index in [4.69, 9.17) is 11.6 Å². The standard InChI is InChI=1S/C13H16ClF3N2O/c1-3-8(2)18-7-11(20)19-12-9(13(15,16)17)5-4-6-10(12)14/h4-6,8,18H,3,7H2,1-2H3,(H,19,20). The van der Waals surface area contributed by atoms with Crippen LogP contribution in [0.4, 0.5) is 18.9 Å². The quantitative estimate of drug-likeness (QED) is 0.871. The maximum Gasteiger partial charge on any atom is 0.418 e. The van der Waals surface area contributed by atoms with E-state index in [-0.39, 0.29) is 17.6 Å². The van der Waals surface area contributed by atoms with Crippen LogP contribution >= 0.6 is 11.6 Å². The van der Waals surface area contributed by atoms with Crippen LogP contribution in [0.15, 0.2) is 18.2 Å². The van der Waals surface area contributed by atoms with Crippen molar-refractivity contribution in [2.24, 2.45) is 0 Å². The summed E-state index contributed by atoms with van der Waals surface area (Å²) in [6.45, 7) is 3.74. The number of carbonyl (C=O) groups excluding carboxylic acids is 1. The Balaban J connectivity index is 2.84. The number of carbonyl (C=O) groups is 1. The Kier molecular flexibility index (Phi) is 5.83. The molecule has 112 valence electrons. The minimum absolute atomic E-state index is 0.0719. The molecule has 0 aromatic heterocycles. The minimum Gasteiger partial charge on any atom is -0.323 e. The van der Waals surface area contributed by atoms with Crippen LogP contribution in [-0.4, -0.2) is 18.5 Å². The number of hydrogen-bond donors (Lipinski definition) is 2. The lowest BCUT2D eigenvalue weighted by Gasteiger charge is -2.16. The average molecular weight is 309 g/mol. The zero-order chi connectivity index (χ0) is 15.3. The fourth-order valence-electron chi connectivity index (χ4n) is 1.48. The number of halogens is 4. The van der Waals surface area contributed by atoms with Gasteiger partial charge in [0.25, 0.3) is 0 Å². The molecule has 7 heteroatoms. The number of para-hydroxylation sites is 1. The van der Waals surface area contributed by atoms with Crippen molar-refractivity contribution >= 4 is 23.2 Å². The Labute approximate surface area is 120 Å². The lowest BCUT2D eigenvalue weighted by molar-refractivity contribution is -0.137. The second kappa shape index (κ2) is 6.95. The summed E-state index contributed by atoms with van der Waals surface area (Å²) in [5.74, 6) is -0.566. The molecule has 0 aliphatic carbocycles. The van der Waals surface area contributed by atoms with Crippen molar-refractivity contribution in [3.05, 3.63) is 28.8 Å². The van der Waals surface area contributed by atoms with Gasteiger partial charge in [0.2, 0.25) is 5.91 Å². The fourth-order valence-corrected chi connectivity index (χ4v) is 1.70. The first kappa shape index (κ1) is 16.8. The molecule has 0 bridgehead atoms. The van der Waals surface area contributed by atoms with Gasteiger partial charge in [-0.3, -0.25) is 4.79 Å². The van der Waals surface area contributed by atoms with Gasteiger partial charge >= 0.3 is 6.18 Å². The van der Waals surface area contributed by atoms with Crippen LogP contribution in [0.1, 0.15) is 25.8 Å². The van der Waals surface area contributed by atoms with E-state index in [1.807, 2.05) is 13.8 Å². The third-order valence-electron chi connectivity index (χ3n) is 2.81. The molecule has 3 nitrogen and oxygen atoms in total. The summed E-state index contributed by atoms with van der Waals surface area (Å²) in [5, 5.41) is 4.96. The highest BCUT2D eigenvalue weighted by atomic mass is 35.5. The van der Waals surface area contributed by atoms with E-state index >= 15 is 0 Å². The Morgan fingerprint density at radius 3 is 2.60 bits per heavy atom. The second-order valence-electron chi connectivity index (χ2n) is 4.40. The lowest BCUT2D eigenvalue weighted by Crippen LogP contribution is -2.34. The van der Waals surface area contributed by atoms with Crippen LogP contribution in [0, 0.1) is 0 Å². The largest absolute Gasteiger partial charge is 0.418 e. The van der Waals surface area contributed by atoms with E-state index in [9.17, 15) is 18.0 Å². The summed E-state index contributed by atoms with van der Waals surface area (Å²) in [6.07, 6.45) is -3.76. The van der Waals surface area contributed by atoms with Crippen molar-refractivity contribution in [3.63, 3.8) is 0 Å². The summed E-state index contributed by atoms with van der Waals surface area (Å²) >= 11 is 5.73. The minimum atomic E-state index is -4.57. The molecule has 1 amide bonds. The first-order valence-corrected chi connectivity index (χ1v) is 6.52. The molecule has 1 unspecified atom stereocenters. The van der Waals surface area contributed by atoms with Gasteiger partial charge in [0.1, 0.15) is 0 Å². The van der Waals surface area contributed by atoms with Gasteiger partial charge in [-0.05, 0) is 25.5 Å². The Hall–Kier alpha value is -1.27. The van der Waals surface area contributed by atoms with Crippen molar-refractivity contribution in [1.82, 2.24) is 5.32 Å². The third kappa shape index (κ3) is 4.68. The zero-order valence-electron chi connectivity index (χ0n) is 11.1. The number of hydrogen-bond acceptors (Lipinski definition) is 2. The van der Waals surface area contributed by atoms with Crippen molar-refractivity contribution in [1.29, 1.82) is 0 Å².